The van der Waals surface area contributed by atoms with Crippen LogP contribution in [0.5, 0.6) is 0 Å². The molecule has 80 valence electrons. The van der Waals surface area contributed by atoms with Gasteiger partial charge in [-0.2, -0.15) is 0 Å². The van der Waals surface area contributed by atoms with Gasteiger partial charge in [0.05, 0.1) is 0 Å². The summed E-state index contributed by atoms with van der Waals surface area (Å²) < 4.78 is 1.03. The highest BCUT2D eigenvalue weighted by atomic mass is 79.9. The smallest absolute Gasteiger partial charge is 0.220 e. The average molecular weight is 268 g/mol. The molecule has 0 aliphatic heterocycles. The van der Waals surface area contributed by atoms with Crippen LogP contribution in [0.4, 0.5) is 0 Å². The quantitative estimate of drug-likeness (QED) is 0.817. The fourth-order valence-electron chi connectivity index (χ4n) is 1.17. The van der Waals surface area contributed by atoms with Gasteiger partial charge in [-0.3, -0.25) is 4.79 Å². The standard InChI is InChI=1S/C12H14BrNO/c1-2-3-7-12(15)14-9-10-5-4-6-11(13)8-10/h2,4-6,8H,1,3,7,9H2,(H,14,15). The Balaban J connectivity index is 2.36. The third kappa shape index (κ3) is 4.79. The van der Waals surface area contributed by atoms with Crippen LogP contribution in [0.1, 0.15) is 18.4 Å². The van der Waals surface area contributed by atoms with Crippen molar-refractivity contribution in [3.63, 3.8) is 0 Å². The van der Waals surface area contributed by atoms with Crippen molar-refractivity contribution in [1.82, 2.24) is 5.32 Å². The zero-order chi connectivity index (χ0) is 11.1. The van der Waals surface area contributed by atoms with E-state index in [1.54, 1.807) is 6.08 Å². The first-order valence-corrected chi connectivity index (χ1v) is 5.63. The van der Waals surface area contributed by atoms with Crippen molar-refractivity contribution in [2.45, 2.75) is 19.4 Å². The van der Waals surface area contributed by atoms with Crippen molar-refractivity contribution in [3.8, 4) is 0 Å². The second-order valence-electron chi connectivity index (χ2n) is 3.23. The molecule has 0 atom stereocenters. The van der Waals surface area contributed by atoms with Crippen LogP contribution in [0, 0.1) is 0 Å². The highest BCUT2D eigenvalue weighted by Crippen LogP contribution is 2.11. The van der Waals surface area contributed by atoms with Crippen molar-refractivity contribution in [2.24, 2.45) is 0 Å². The van der Waals surface area contributed by atoms with Gasteiger partial charge in [0.25, 0.3) is 0 Å². The van der Waals surface area contributed by atoms with E-state index in [1.807, 2.05) is 24.3 Å². The Labute approximate surface area is 98.5 Å². The highest BCUT2D eigenvalue weighted by molar-refractivity contribution is 9.10. The Bertz CT molecular complexity index is 349. The third-order valence-electron chi connectivity index (χ3n) is 1.95. The number of allylic oxidation sites excluding steroid dienone is 1. The molecule has 0 aliphatic carbocycles. The van der Waals surface area contributed by atoms with Crippen LogP contribution in [0.25, 0.3) is 0 Å². The molecule has 0 spiro atoms. The zero-order valence-electron chi connectivity index (χ0n) is 8.50. The maximum Gasteiger partial charge on any atom is 0.220 e. The minimum Gasteiger partial charge on any atom is -0.352 e. The molecule has 0 fully saturated rings. The van der Waals surface area contributed by atoms with Crippen molar-refractivity contribution in [1.29, 1.82) is 0 Å². The van der Waals surface area contributed by atoms with Gasteiger partial charge in [0.15, 0.2) is 0 Å². The van der Waals surface area contributed by atoms with Gasteiger partial charge in [-0.05, 0) is 24.1 Å². The topological polar surface area (TPSA) is 29.1 Å². The Morgan fingerprint density at radius 2 is 2.33 bits per heavy atom. The number of nitrogens with one attached hydrogen (secondary N) is 1. The summed E-state index contributed by atoms with van der Waals surface area (Å²) in [5.74, 6) is 0.0647. The van der Waals surface area contributed by atoms with Crippen LogP contribution < -0.4 is 5.32 Å². The van der Waals surface area contributed by atoms with Gasteiger partial charge in [-0.15, -0.1) is 6.58 Å². The molecule has 0 unspecified atom stereocenters. The second kappa shape index (κ2) is 6.40. The first-order valence-electron chi connectivity index (χ1n) is 4.84. The molecule has 0 aliphatic rings. The van der Waals surface area contributed by atoms with E-state index in [4.69, 9.17) is 0 Å². The summed E-state index contributed by atoms with van der Waals surface area (Å²) in [4.78, 5) is 11.3. The molecule has 3 heteroatoms. The van der Waals surface area contributed by atoms with Crippen molar-refractivity contribution >= 4 is 21.8 Å². The first kappa shape index (κ1) is 12.0. The second-order valence-corrected chi connectivity index (χ2v) is 4.15. The lowest BCUT2D eigenvalue weighted by molar-refractivity contribution is -0.121. The molecular formula is C12H14BrNO. The average Bonchev–Trinajstić information content (AvgIpc) is 2.23. The molecular weight excluding hydrogens is 254 g/mol. The monoisotopic (exact) mass is 267 g/mol. The fraction of sp³-hybridized carbons (Fsp3) is 0.250. The minimum atomic E-state index is 0.0647. The van der Waals surface area contributed by atoms with Gasteiger partial charge in [0, 0.05) is 17.4 Å². The van der Waals surface area contributed by atoms with Gasteiger partial charge >= 0.3 is 0 Å². The van der Waals surface area contributed by atoms with Crippen molar-refractivity contribution < 1.29 is 4.79 Å². The van der Waals surface area contributed by atoms with Crippen LogP contribution in [0.3, 0.4) is 0 Å². The van der Waals surface area contributed by atoms with Gasteiger partial charge in [0.1, 0.15) is 0 Å². The third-order valence-corrected chi connectivity index (χ3v) is 2.45. The summed E-state index contributed by atoms with van der Waals surface area (Å²) in [5, 5.41) is 2.85. The number of hydrogen-bond acceptors (Lipinski definition) is 1. The number of halogens is 1. The Morgan fingerprint density at radius 1 is 1.53 bits per heavy atom. The summed E-state index contributed by atoms with van der Waals surface area (Å²) >= 11 is 3.39. The van der Waals surface area contributed by atoms with Crippen LogP contribution in [0.15, 0.2) is 41.4 Å². The number of rotatable bonds is 5. The molecule has 1 N–H and O–H groups in total. The van der Waals surface area contributed by atoms with E-state index < -0.39 is 0 Å². The molecule has 2 nitrogen and oxygen atoms in total. The summed E-state index contributed by atoms with van der Waals surface area (Å²) in [6.07, 6.45) is 2.99. The molecule has 0 heterocycles. The van der Waals surface area contributed by atoms with Crippen LogP contribution in [-0.2, 0) is 11.3 Å². The minimum absolute atomic E-state index is 0.0647. The van der Waals surface area contributed by atoms with Crippen molar-refractivity contribution in [2.75, 3.05) is 0 Å². The zero-order valence-corrected chi connectivity index (χ0v) is 10.1. The van der Waals surface area contributed by atoms with Crippen LogP contribution in [0.2, 0.25) is 0 Å². The Morgan fingerprint density at radius 3 is 3.00 bits per heavy atom. The summed E-state index contributed by atoms with van der Waals surface area (Å²) in [5.41, 5.74) is 1.09. The predicted molar refractivity (Wildman–Crippen MR) is 65.4 cm³/mol. The highest BCUT2D eigenvalue weighted by Gasteiger charge is 1.99. The summed E-state index contributed by atoms with van der Waals surface area (Å²) in [7, 11) is 0. The molecule has 0 aromatic heterocycles. The summed E-state index contributed by atoms with van der Waals surface area (Å²) in [6, 6.07) is 7.89. The Kier molecular flexibility index (Phi) is 5.12. The predicted octanol–water partition coefficient (Wildman–Crippen LogP) is 3.03. The van der Waals surface area contributed by atoms with E-state index in [9.17, 15) is 4.79 Å². The van der Waals surface area contributed by atoms with Crippen LogP contribution >= 0.6 is 15.9 Å². The fourth-order valence-corrected chi connectivity index (χ4v) is 1.62. The lowest BCUT2D eigenvalue weighted by Crippen LogP contribution is -2.22. The molecule has 15 heavy (non-hydrogen) atoms. The lowest BCUT2D eigenvalue weighted by atomic mass is 10.2. The maximum absolute atomic E-state index is 11.3. The van der Waals surface area contributed by atoms with Gasteiger partial charge in [-0.25, -0.2) is 0 Å². The number of carbonyl (C=O) groups is 1. The molecule has 1 amide bonds. The molecule has 0 radical (unpaired) electrons. The number of hydrogen-bond donors (Lipinski definition) is 1. The molecule has 0 bridgehead atoms. The van der Waals surface area contributed by atoms with E-state index in [0.717, 1.165) is 16.5 Å². The van der Waals surface area contributed by atoms with Gasteiger partial charge in [-0.1, -0.05) is 34.1 Å². The molecule has 0 saturated heterocycles. The molecule has 1 aromatic rings. The van der Waals surface area contributed by atoms with E-state index in [-0.39, 0.29) is 5.91 Å². The lowest BCUT2D eigenvalue weighted by Gasteiger charge is -2.04. The van der Waals surface area contributed by atoms with E-state index in [2.05, 4.69) is 27.8 Å². The summed E-state index contributed by atoms with van der Waals surface area (Å²) in [6.45, 7) is 4.16. The molecule has 1 aromatic carbocycles. The molecule has 1 rings (SSSR count). The number of benzene rings is 1. The molecule has 0 saturated carbocycles. The largest absolute Gasteiger partial charge is 0.352 e. The first-order chi connectivity index (χ1) is 7.22. The van der Waals surface area contributed by atoms with Gasteiger partial charge in [0.2, 0.25) is 5.91 Å². The van der Waals surface area contributed by atoms with E-state index >= 15 is 0 Å². The van der Waals surface area contributed by atoms with E-state index in [0.29, 0.717) is 13.0 Å². The van der Waals surface area contributed by atoms with E-state index in [1.165, 1.54) is 0 Å². The number of carbonyl (C=O) groups excluding carboxylic acids is 1. The Hall–Kier alpha value is -1.09. The normalized spacial score (nSPS) is 9.67. The van der Waals surface area contributed by atoms with Gasteiger partial charge < -0.3 is 5.32 Å². The number of amides is 1. The van der Waals surface area contributed by atoms with Crippen LogP contribution in [-0.4, -0.2) is 5.91 Å². The maximum atomic E-state index is 11.3. The van der Waals surface area contributed by atoms with Crippen molar-refractivity contribution in [3.05, 3.63) is 47.0 Å². The SMILES string of the molecule is C=CCCC(=O)NCc1cccc(Br)c1.